The highest BCUT2D eigenvalue weighted by Crippen LogP contribution is 2.21. The van der Waals surface area contributed by atoms with Gasteiger partial charge in [-0.15, -0.1) is 0 Å². The highest BCUT2D eigenvalue weighted by atomic mass is 16.6. The first kappa shape index (κ1) is 14.6. The first-order chi connectivity index (χ1) is 11.2. The maximum absolute atomic E-state index is 10.7. The van der Waals surface area contributed by atoms with Gasteiger partial charge in [0.25, 0.3) is 5.69 Å². The Labute approximate surface area is 133 Å². The molecule has 1 heterocycles. The summed E-state index contributed by atoms with van der Waals surface area (Å²) in [5.74, 6) is 0.541. The van der Waals surface area contributed by atoms with Gasteiger partial charge in [0, 0.05) is 36.6 Å². The molecular formula is C17H14N4O2. The zero-order chi connectivity index (χ0) is 16.1. The molecule has 6 heteroatoms. The van der Waals surface area contributed by atoms with Crippen LogP contribution in [0.5, 0.6) is 0 Å². The number of rotatable bonds is 5. The Morgan fingerprint density at radius 3 is 2.17 bits per heavy atom. The van der Waals surface area contributed by atoms with Gasteiger partial charge in [-0.25, -0.2) is 9.97 Å². The molecule has 23 heavy (non-hydrogen) atoms. The van der Waals surface area contributed by atoms with Crippen LogP contribution < -0.4 is 5.32 Å². The molecular weight excluding hydrogens is 292 g/mol. The molecule has 1 aromatic heterocycles. The number of hydrogen-bond acceptors (Lipinski definition) is 5. The summed E-state index contributed by atoms with van der Waals surface area (Å²) >= 11 is 0. The van der Waals surface area contributed by atoms with Crippen molar-refractivity contribution in [3.05, 3.63) is 82.7 Å². The van der Waals surface area contributed by atoms with E-state index in [0.717, 1.165) is 16.7 Å². The summed E-state index contributed by atoms with van der Waals surface area (Å²) < 4.78 is 0. The number of nitro benzene ring substituents is 1. The SMILES string of the molecule is O=[N+]([O-])c1ccc(-c2cnc(NCc3ccccc3)nc2)cc1. The maximum atomic E-state index is 10.7. The number of nitro groups is 1. The van der Waals surface area contributed by atoms with Crippen LogP contribution in [0.15, 0.2) is 67.0 Å². The van der Waals surface area contributed by atoms with E-state index in [-0.39, 0.29) is 5.69 Å². The molecule has 0 radical (unpaired) electrons. The Morgan fingerprint density at radius 1 is 0.913 bits per heavy atom. The van der Waals surface area contributed by atoms with Crippen LogP contribution >= 0.6 is 0 Å². The summed E-state index contributed by atoms with van der Waals surface area (Å²) in [5.41, 5.74) is 2.86. The molecule has 0 saturated heterocycles. The number of nitrogens with zero attached hydrogens (tertiary/aromatic N) is 3. The molecule has 0 atom stereocenters. The Balaban J connectivity index is 1.68. The average Bonchev–Trinajstić information content (AvgIpc) is 2.61. The van der Waals surface area contributed by atoms with Crippen molar-refractivity contribution < 1.29 is 4.92 Å². The van der Waals surface area contributed by atoms with Gasteiger partial charge in [0.05, 0.1) is 4.92 Å². The zero-order valence-corrected chi connectivity index (χ0v) is 12.2. The molecule has 0 bridgehead atoms. The first-order valence-corrected chi connectivity index (χ1v) is 7.07. The van der Waals surface area contributed by atoms with Gasteiger partial charge in [0.1, 0.15) is 0 Å². The van der Waals surface area contributed by atoms with Gasteiger partial charge in [0.15, 0.2) is 0 Å². The van der Waals surface area contributed by atoms with Crippen molar-refractivity contribution in [2.75, 3.05) is 5.32 Å². The van der Waals surface area contributed by atoms with Crippen molar-refractivity contribution in [1.29, 1.82) is 0 Å². The molecule has 0 amide bonds. The van der Waals surface area contributed by atoms with E-state index < -0.39 is 4.92 Å². The van der Waals surface area contributed by atoms with Gasteiger partial charge in [0.2, 0.25) is 5.95 Å². The lowest BCUT2D eigenvalue weighted by Gasteiger charge is -2.06. The van der Waals surface area contributed by atoms with Crippen molar-refractivity contribution in [3.63, 3.8) is 0 Å². The molecule has 1 N–H and O–H groups in total. The molecule has 3 aromatic rings. The number of non-ortho nitro benzene ring substituents is 1. The largest absolute Gasteiger partial charge is 0.350 e. The minimum Gasteiger partial charge on any atom is -0.350 e. The fourth-order valence-corrected chi connectivity index (χ4v) is 2.12. The first-order valence-electron chi connectivity index (χ1n) is 7.07. The predicted molar refractivity (Wildman–Crippen MR) is 87.9 cm³/mol. The minimum absolute atomic E-state index is 0.0656. The van der Waals surface area contributed by atoms with Crippen LogP contribution in [0.4, 0.5) is 11.6 Å². The van der Waals surface area contributed by atoms with Crippen LogP contribution in [0.3, 0.4) is 0 Å². The number of hydrogen-bond donors (Lipinski definition) is 1. The summed E-state index contributed by atoms with van der Waals surface area (Å²) in [4.78, 5) is 18.8. The standard InChI is InChI=1S/C17H14N4O2/c22-21(23)16-8-6-14(7-9-16)15-11-19-17(20-12-15)18-10-13-4-2-1-3-5-13/h1-9,11-12H,10H2,(H,18,19,20). The quantitative estimate of drug-likeness (QED) is 0.574. The zero-order valence-electron chi connectivity index (χ0n) is 12.2. The highest BCUT2D eigenvalue weighted by Gasteiger charge is 2.06. The molecule has 3 rings (SSSR count). The van der Waals surface area contributed by atoms with Gasteiger partial charge < -0.3 is 5.32 Å². The minimum atomic E-state index is -0.420. The lowest BCUT2D eigenvalue weighted by atomic mass is 10.1. The number of aromatic nitrogens is 2. The van der Waals surface area contributed by atoms with Crippen molar-refractivity contribution in [1.82, 2.24) is 9.97 Å². The molecule has 0 fully saturated rings. The van der Waals surface area contributed by atoms with E-state index >= 15 is 0 Å². The third-order valence-electron chi connectivity index (χ3n) is 3.36. The van der Waals surface area contributed by atoms with E-state index in [9.17, 15) is 10.1 Å². The molecule has 0 aliphatic heterocycles. The third kappa shape index (κ3) is 3.68. The van der Waals surface area contributed by atoms with E-state index in [0.29, 0.717) is 12.5 Å². The van der Waals surface area contributed by atoms with E-state index in [4.69, 9.17) is 0 Å². The monoisotopic (exact) mass is 306 g/mol. The van der Waals surface area contributed by atoms with E-state index in [2.05, 4.69) is 15.3 Å². The van der Waals surface area contributed by atoms with Gasteiger partial charge in [-0.1, -0.05) is 30.3 Å². The summed E-state index contributed by atoms with van der Waals surface area (Å²) in [6.07, 6.45) is 3.39. The van der Waals surface area contributed by atoms with Crippen LogP contribution in [0.1, 0.15) is 5.56 Å². The maximum Gasteiger partial charge on any atom is 0.269 e. The fourth-order valence-electron chi connectivity index (χ4n) is 2.12. The van der Waals surface area contributed by atoms with Crippen LogP contribution in [0.2, 0.25) is 0 Å². The molecule has 0 spiro atoms. The Hall–Kier alpha value is -3.28. The van der Waals surface area contributed by atoms with Crippen molar-refractivity contribution >= 4 is 11.6 Å². The Kier molecular flexibility index (Phi) is 4.24. The van der Waals surface area contributed by atoms with E-state index in [1.165, 1.54) is 12.1 Å². The van der Waals surface area contributed by atoms with Gasteiger partial charge in [-0.05, 0) is 23.3 Å². The van der Waals surface area contributed by atoms with E-state index in [1.54, 1.807) is 24.5 Å². The lowest BCUT2D eigenvalue weighted by molar-refractivity contribution is -0.384. The van der Waals surface area contributed by atoms with E-state index in [1.807, 2.05) is 30.3 Å². The van der Waals surface area contributed by atoms with Crippen molar-refractivity contribution in [2.24, 2.45) is 0 Å². The van der Waals surface area contributed by atoms with Crippen molar-refractivity contribution in [3.8, 4) is 11.1 Å². The van der Waals surface area contributed by atoms with Crippen LogP contribution in [-0.4, -0.2) is 14.9 Å². The summed E-state index contributed by atoms with van der Waals surface area (Å²) in [5, 5.41) is 13.8. The number of nitrogens with one attached hydrogen (secondary N) is 1. The van der Waals surface area contributed by atoms with Crippen LogP contribution in [0.25, 0.3) is 11.1 Å². The average molecular weight is 306 g/mol. The van der Waals surface area contributed by atoms with Crippen LogP contribution in [0, 0.1) is 10.1 Å². The Morgan fingerprint density at radius 2 is 1.57 bits per heavy atom. The predicted octanol–water partition coefficient (Wildman–Crippen LogP) is 3.66. The molecule has 0 aliphatic rings. The van der Waals surface area contributed by atoms with Gasteiger partial charge in [-0.2, -0.15) is 0 Å². The summed E-state index contributed by atoms with van der Waals surface area (Å²) in [7, 11) is 0. The second kappa shape index (κ2) is 6.65. The number of anilines is 1. The number of benzene rings is 2. The summed E-state index contributed by atoms with van der Waals surface area (Å²) in [6.45, 7) is 0.651. The second-order valence-corrected chi connectivity index (χ2v) is 4.94. The normalized spacial score (nSPS) is 10.3. The smallest absolute Gasteiger partial charge is 0.269 e. The second-order valence-electron chi connectivity index (χ2n) is 4.94. The molecule has 114 valence electrons. The molecule has 0 saturated carbocycles. The molecule has 2 aromatic carbocycles. The molecule has 0 unspecified atom stereocenters. The fraction of sp³-hybridized carbons (Fsp3) is 0.0588. The van der Waals surface area contributed by atoms with Crippen molar-refractivity contribution in [2.45, 2.75) is 6.54 Å². The molecule has 0 aliphatic carbocycles. The van der Waals surface area contributed by atoms with Gasteiger partial charge >= 0.3 is 0 Å². The summed E-state index contributed by atoms with van der Waals surface area (Å²) in [6, 6.07) is 16.3. The Bertz CT molecular complexity index is 787. The highest BCUT2D eigenvalue weighted by molar-refractivity contribution is 5.63. The van der Waals surface area contributed by atoms with Gasteiger partial charge in [-0.3, -0.25) is 10.1 Å². The molecule has 6 nitrogen and oxygen atoms in total. The van der Waals surface area contributed by atoms with Crippen LogP contribution in [-0.2, 0) is 6.54 Å². The third-order valence-corrected chi connectivity index (χ3v) is 3.36. The topological polar surface area (TPSA) is 81.0 Å². The lowest BCUT2D eigenvalue weighted by Crippen LogP contribution is -2.03.